The molecule has 16 rings (SSSR count). The van der Waals surface area contributed by atoms with Gasteiger partial charge in [-0.1, -0.05) is 223 Å². The normalized spacial score (nSPS) is 17.8. The maximum Gasteiger partial charge on any atom is 0.278 e. The quantitative estimate of drug-likeness (QED) is 0.119. The van der Waals surface area contributed by atoms with Crippen LogP contribution in [0.3, 0.4) is 0 Å². The van der Waals surface area contributed by atoms with Gasteiger partial charge in [-0.3, -0.25) is 0 Å². The average molecular weight is 1540 g/mol. The highest BCUT2D eigenvalue weighted by Gasteiger charge is 2.48. The topological polar surface area (TPSA) is 56.9 Å². The predicted octanol–water partition coefficient (Wildman–Crippen LogP) is 23.2. The van der Waals surface area contributed by atoms with Gasteiger partial charge in [0.1, 0.15) is 100 Å². The molecule has 0 fully saturated rings. The lowest BCUT2D eigenvalue weighted by Crippen LogP contribution is -2.46. The van der Waals surface area contributed by atoms with E-state index in [1.54, 1.807) is 0 Å². The lowest BCUT2D eigenvalue weighted by atomic mass is 9.84. The minimum absolute atomic E-state index is 0. The highest BCUT2D eigenvalue weighted by molar-refractivity contribution is 5.33. The van der Waals surface area contributed by atoms with Crippen LogP contribution in [0.2, 0.25) is 0 Å². The average Bonchev–Trinajstić information content (AvgIpc) is 1.62. The van der Waals surface area contributed by atoms with Crippen LogP contribution >= 0.6 is 0 Å². The Morgan fingerprint density at radius 3 is 1.10 bits per heavy atom. The Morgan fingerprint density at radius 1 is 0.368 bits per heavy atom. The molecule has 0 N–H and O–H groups in total. The summed E-state index contributed by atoms with van der Waals surface area (Å²) in [5.74, 6) is 9.68. The molecule has 5 aromatic heterocycles. The molecule has 0 amide bonds. The van der Waals surface area contributed by atoms with Gasteiger partial charge in [0.05, 0.1) is 33.1 Å². The highest BCUT2D eigenvalue weighted by atomic mass is 15.4. The molecule has 5 aliphatic heterocycles. The SMILES string of the molecule is C.CC(C)(C)C[C@H]1CCc2c[n+](-c3ccccc3)c(C(C)(C)C)n21.CC(C)(C)c1n2c(c[n+]1-c1ccccc1)CC[C@@H]2C(C)(C)C.CC(C)(C)c1n2c(c[n+]1-c1ccccc1)CC[C@@H]2Cc1ccccc1.CC(C)C[C@H]1CCc2nn(-c3ccccc3)c(C(C)(C)C)[n+]21.CC(C)[C@H]1CCc2c[n+](-c3ccccc3)c(C(C)(C)C)n21. The molecule has 0 spiro atoms. The van der Waals surface area contributed by atoms with Crippen LogP contribution in [0.25, 0.3) is 28.4 Å². The maximum atomic E-state index is 4.96. The molecular weight excluding hydrogens is 1390 g/mol. The van der Waals surface area contributed by atoms with Crippen LogP contribution in [0.5, 0.6) is 0 Å². The summed E-state index contributed by atoms with van der Waals surface area (Å²) >= 11 is 0. The molecule has 0 saturated heterocycles. The van der Waals surface area contributed by atoms with Crippen LogP contribution in [-0.4, -0.2) is 28.0 Å². The van der Waals surface area contributed by atoms with E-state index in [-0.39, 0.29) is 34.5 Å². The number of hydrogen-bond donors (Lipinski definition) is 0. The fraction of sp³-hybridized carbons (Fsp3) is 0.515. The fourth-order valence-electron chi connectivity index (χ4n) is 19.2. The molecule has 0 saturated carbocycles. The van der Waals surface area contributed by atoms with Crippen LogP contribution in [0.15, 0.2) is 207 Å². The number of hydrogen-bond acceptors (Lipinski definition) is 1. The number of nitrogens with zero attached hydrogens (tertiary/aromatic N) is 11. The molecule has 11 nitrogen and oxygen atoms in total. The van der Waals surface area contributed by atoms with Crippen molar-refractivity contribution in [2.45, 2.75) is 321 Å². The predicted molar refractivity (Wildman–Crippen MR) is 473 cm³/mol. The Bertz CT molecular complexity index is 4930. The van der Waals surface area contributed by atoms with Crippen molar-refractivity contribution in [3.63, 3.8) is 0 Å². The van der Waals surface area contributed by atoms with Gasteiger partial charge in [0.15, 0.2) is 0 Å². The van der Waals surface area contributed by atoms with Crippen LogP contribution in [-0.2, 0) is 65.6 Å². The molecule has 6 aromatic carbocycles. The standard InChI is InChI=1S/C23H27N2.C21H31N2.C20H29N2.C19H28N3.C19H27N2.CH4/c1-23(2,3)22-24(19-12-8-5-9-13-19)17-21-15-14-20(25(21)22)16-18-10-6-4-7-11-18;1-20(2,3)14-17-12-13-18-15-22(16-10-8-7-9-11-16)19(23(17)18)21(4,5)6;1-19(2,3)17-13-12-16-14-21(15-10-8-7-9-11-15)18(22(16)17)20(4,5)6;1-14(2)13-16-11-12-17-20-22(15-9-7-6-8-10-15)18(21(16)17)19(3,4)5;1-14(2)17-12-11-16-13-20(15-9-7-6-8-10-15)18(21(16)17)19(3,4)5;/h4-13,17,20H,14-16H2,1-3H3;7-11,15,17H,12-14H2,1-6H3;7-11,14,17H,12-13H2,1-6H3;6-10,14,16H,11-13H2,1-5H3;6-10,13-14,17H,11-12H2,1-5H3;1H4/q5*+1;/t20-;2*17-;16-;17-;/m11111./s1. The van der Waals surface area contributed by atoms with E-state index < -0.39 is 0 Å². The third-order valence-corrected chi connectivity index (χ3v) is 23.5. The van der Waals surface area contributed by atoms with Crippen molar-refractivity contribution in [1.82, 2.24) is 28.0 Å². The third-order valence-electron chi connectivity index (χ3n) is 23.5. The second-order valence-corrected chi connectivity index (χ2v) is 41.6. The number of aromatic nitrogens is 11. The monoisotopic (exact) mass is 1540 g/mol. The van der Waals surface area contributed by atoms with Gasteiger partial charge in [-0.2, -0.15) is 18.3 Å². The van der Waals surface area contributed by atoms with Crippen molar-refractivity contribution in [3.05, 3.63) is 270 Å². The van der Waals surface area contributed by atoms with Gasteiger partial charge in [0.2, 0.25) is 5.82 Å². The summed E-state index contributed by atoms with van der Waals surface area (Å²) in [4.78, 5) is 0. The Balaban J connectivity index is 0.000000140. The van der Waals surface area contributed by atoms with E-state index in [1.165, 1.54) is 157 Å². The van der Waals surface area contributed by atoms with Gasteiger partial charge in [0, 0.05) is 49.0 Å². The number of aryl methyl sites for hydroxylation is 5. The first-order chi connectivity index (χ1) is 53.2. The maximum absolute atomic E-state index is 4.96. The van der Waals surface area contributed by atoms with Gasteiger partial charge < -0.3 is 0 Å². The zero-order valence-electron chi connectivity index (χ0n) is 74.3. The first-order valence-corrected chi connectivity index (χ1v) is 43.2. The number of para-hydroxylation sites is 5. The molecule has 5 atom stereocenters. The Kier molecular flexibility index (Phi) is 25.9. The van der Waals surface area contributed by atoms with E-state index in [4.69, 9.17) is 5.10 Å². The number of benzene rings is 6. The van der Waals surface area contributed by atoms with E-state index >= 15 is 0 Å². The third kappa shape index (κ3) is 19.2. The molecule has 10 heterocycles. The number of fused-ring (bicyclic) bond motifs is 5. The lowest BCUT2D eigenvalue weighted by Gasteiger charge is -2.28. The van der Waals surface area contributed by atoms with Gasteiger partial charge in [-0.05, 0) is 212 Å². The molecular formula is C103H146N11+5. The molecule has 608 valence electrons. The first kappa shape index (κ1) is 86.2. The lowest BCUT2D eigenvalue weighted by molar-refractivity contribution is -0.728. The minimum atomic E-state index is 0. The molecule has 11 aromatic rings. The van der Waals surface area contributed by atoms with Crippen molar-refractivity contribution >= 4 is 0 Å². The van der Waals surface area contributed by atoms with Crippen molar-refractivity contribution < 1.29 is 22.8 Å². The Morgan fingerprint density at radius 2 is 0.711 bits per heavy atom. The van der Waals surface area contributed by atoms with Gasteiger partial charge >= 0.3 is 0 Å². The van der Waals surface area contributed by atoms with Gasteiger partial charge in [0.25, 0.3) is 29.1 Å². The molecule has 0 bridgehead atoms. The van der Waals surface area contributed by atoms with Crippen molar-refractivity contribution in [2.24, 2.45) is 22.7 Å². The Hall–Kier alpha value is -8.70. The zero-order valence-corrected chi connectivity index (χ0v) is 74.3. The van der Waals surface area contributed by atoms with Crippen LogP contribution in [0, 0.1) is 22.7 Å². The summed E-state index contributed by atoms with van der Waals surface area (Å²) in [6.07, 6.45) is 25.2. The highest BCUT2D eigenvalue weighted by Crippen LogP contribution is 2.45. The second-order valence-electron chi connectivity index (χ2n) is 41.6. The van der Waals surface area contributed by atoms with Crippen LogP contribution < -0.4 is 22.8 Å². The first-order valence-electron chi connectivity index (χ1n) is 43.2. The molecule has 11 heteroatoms. The molecule has 5 aliphatic rings. The molecule has 0 unspecified atom stereocenters. The zero-order chi connectivity index (χ0) is 81.5. The van der Waals surface area contributed by atoms with Crippen LogP contribution in [0.1, 0.15) is 319 Å². The van der Waals surface area contributed by atoms with E-state index in [1.807, 2.05) is 0 Å². The smallest absolute Gasteiger partial charge is 0.228 e. The summed E-state index contributed by atoms with van der Waals surface area (Å²) in [5, 5.41) is 4.96. The minimum Gasteiger partial charge on any atom is -0.228 e. The molecule has 114 heavy (non-hydrogen) atoms. The van der Waals surface area contributed by atoms with Gasteiger partial charge in [-0.25, -0.2) is 22.8 Å². The summed E-state index contributed by atoms with van der Waals surface area (Å²) < 4.78 is 24.9. The summed E-state index contributed by atoms with van der Waals surface area (Å²) in [6, 6.07) is 67.4. The van der Waals surface area contributed by atoms with Crippen molar-refractivity contribution in [1.29, 1.82) is 0 Å². The summed E-state index contributed by atoms with van der Waals surface area (Å²) in [5.41, 5.74) is 14.8. The van der Waals surface area contributed by atoms with E-state index in [0.29, 0.717) is 47.0 Å². The van der Waals surface area contributed by atoms with Crippen molar-refractivity contribution in [3.8, 4) is 28.4 Å². The van der Waals surface area contributed by atoms with Gasteiger partial charge in [-0.15, -0.1) is 0 Å². The number of rotatable bonds is 11. The summed E-state index contributed by atoms with van der Waals surface area (Å²) in [7, 11) is 0. The summed E-state index contributed by atoms with van der Waals surface area (Å²) in [6.45, 7) is 58.3. The van der Waals surface area contributed by atoms with Crippen LogP contribution in [0.4, 0.5) is 0 Å². The van der Waals surface area contributed by atoms with E-state index in [0.717, 1.165) is 24.4 Å². The second kappa shape index (κ2) is 34.2. The Labute approximate surface area is 689 Å². The number of imidazole rings is 4. The largest absolute Gasteiger partial charge is 0.278 e. The fourth-order valence-corrected chi connectivity index (χ4v) is 19.2. The van der Waals surface area contributed by atoms with E-state index in [9.17, 15) is 0 Å². The molecule has 0 aliphatic carbocycles. The molecule has 0 radical (unpaired) electrons. The van der Waals surface area contributed by atoms with E-state index in [2.05, 4.69) is 426 Å². The van der Waals surface area contributed by atoms with Crippen molar-refractivity contribution in [2.75, 3.05) is 0 Å².